The fourth-order valence-corrected chi connectivity index (χ4v) is 3.27. The Labute approximate surface area is 220 Å². The number of unbranched alkanes of at least 4 members (excludes halogenated alkanes) is 3. The highest BCUT2D eigenvalue weighted by atomic mass is 16.5. The molecule has 3 aromatic rings. The van der Waals surface area contributed by atoms with Crippen molar-refractivity contribution in [3.63, 3.8) is 0 Å². The number of methoxy groups -OCH3 is 1. The van der Waals surface area contributed by atoms with Gasteiger partial charge in [-0.3, -0.25) is 0 Å². The van der Waals surface area contributed by atoms with E-state index in [2.05, 4.69) is 30.3 Å². The maximum Gasteiger partial charge on any atom is 0.333 e. The number of carbonyl (C=O) groups is 1. The van der Waals surface area contributed by atoms with Crippen LogP contribution in [0.2, 0.25) is 0 Å². The molecule has 0 bridgehead atoms. The van der Waals surface area contributed by atoms with Crippen LogP contribution in [-0.2, 0) is 9.53 Å². The standard InChI is InChI=1S/C33H32O4/c1-26(2)33(34)37-25-7-5-4-6-24-36-32-22-18-30(19-23-32)15-13-28-10-8-27(9-11-28)12-14-29-16-20-31(35-3)21-17-29/h8-11,16-23H,1,4-7,24-25H2,2-3H3. The Kier molecular flexibility index (Phi) is 10.9. The zero-order chi connectivity index (χ0) is 26.3. The molecule has 0 unspecified atom stereocenters. The summed E-state index contributed by atoms with van der Waals surface area (Å²) in [5.74, 6) is 14.1. The molecule has 0 amide bonds. The van der Waals surface area contributed by atoms with Crippen molar-refractivity contribution in [2.45, 2.75) is 32.6 Å². The molecule has 0 radical (unpaired) electrons. The van der Waals surface area contributed by atoms with E-state index in [4.69, 9.17) is 14.2 Å². The van der Waals surface area contributed by atoms with Gasteiger partial charge in [-0.1, -0.05) is 30.3 Å². The molecule has 0 atom stereocenters. The Morgan fingerprint density at radius 3 is 1.49 bits per heavy atom. The van der Waals surface area contributed by atoms with Crippen LogP contribution in [0.4, 0.5) is 0 Å². The van der Waals surface area contributed by atoms with Crippen LogP contribution in [0.1, 0.15) is 54.9 Å². The molecule has 0 fully saturated rings. The molecule has 0 heterocycles. The first-order valence-electron chi connectivity index (χ1n) is 12.4. The second-order valence-corrected chi connectivity index (χ2v) is 8.51. The fraction of sp³-hybridized carbons (Fsp3) is 0.242. The minimum Gasteiger partial charge on any atom is -0.497 e. The summed E-state index contributed by atoms with van der Waals surface area (Å²) < 4.78 is 16.1. The van der Waals surface area contributed by atoms with Crippen molar-refractivity contribution >= 4 is 5.97 Å². The summed E-state index contributed by atoms with van der Waals surface area (Å²) in [5.41, 5.74) is 4.18. The van der Waals surface area contributed by atoms with E-state index in [1.807, 2.05) is 72.8 Å². The van der Waals surface area contributed by atoms with Crippen LogP contribution in [0.5, 0.6) is 11.5 Å². The second-order valence-electron chi connectivity index (χ2n) is 8.51. The molecule has 3 rings (SSSR count). The lowest BCUT2D eigenvalue weighted by Crippen LogP contribution is -2.06. The van der Waals surface area contributed by atoms with Crippen molar-refractivity contribution in [3.05, 3.63) is 107 Å². The monoisotopic (exact) mass is 492 g/mol. The van der Waals surface area contributed by atoms with E-state index in [0.717, 1.165) is 59.4 Å². The summed E-state index contributed by atoms with van der Waals surface area (Å²) in [5, 5.41) is 0. The van der Waals surface area contributed by atoms with E-state index >= 15 is 0 Å². The Bertz CT molecular complexity index is 1280. The van der Waals surface area contributed by atoms with Crippen molar-refractivity contribution in [2.24, 2.45) is 0 Å². The van der Waals surface area contributed by atoms with Gasteiger partial charge in [-0.05, 0) is 105 Å². The lowest BCUT2D eigenvalue weighted by Gasteiger charge is -2.07. The SMILES string of the molecule is C=C(C)C(=O)OCCCCCCOc1ccc(C#Cc2ccc(C#Cc3ccc(OC)cc3)cc2)cc1. The zero-order valence-corrected chi connectivity index (χ0v) is 21.5. The van der Waals surface area contributed by atoms with Gasteiger partial charge in [-0.15, -0.1) is 0 Å². The number of carbonyl (C=O) groups excluding carboxylic acids is 1. The van der Waals surface area contributed by atoms with Gasteiger partial charge in [0.25, 0.3) is 0 Å². The summed E-state index contributed by atoms with van der Waals surface area (Å²) in [6.07, 6.45) is 3.83. The van der Waals surface area contributed by atoms with E-state index in [1.165, 1.54) is 0 Å². The van der Waals surface area contributed by atoms with E-state index < -0.39 is 0 Å². The van der Waals surface area contributed by atoms with Gasteiger partial charge in [0.15, 0.2) is 0 Å². The largest absolute Gasteiger partial charge is 0.497 e. The van der Waals surface area contributed by atoms with Crippen LogP contribution in [-0.4, -0.2) is 26.3 Å². The molecule has 4 nitrogen and oxygen atoms in total. The van der Waals surface area contributed by atoms with E-state index in [-0.39, 0.29) is 5.97 Å². The van der Waals surface area contributed by atoms with Crippen LogP contribution < -0.4 is 9.47 Å². The van der Waals surface area contributed by atoms with Gasteiger partial charge >= 0.3 is 5.97 Å². The molecular formula is C33H32O4. The van der Waals surface area contributed by atoms with Crippen molar-refractivity contribution in [1.82, 2.24) is 0 Å². The number of rotatable bonds is 10. The highest BCUT2D eigenvalue weighted by molar-refractivity contribution is 5.86. The number of hydrogen-bond donors (Lipinski definition) is 0. The highest BCUT2D eigenvalue weighted by Crippen LogP contribution is 2.13. The summed E-state index contributed by atoms with van der Waals surface area (Å²) in [6.45, 7) is 6.32. The minimum absolute atomic E-state index is 0.319. The third kappa shape index (κ3) is 10.0. The first kappa shape index (κ1) is 27.2. The predicted molar refractivity (Wildman–Crippen MR) is 148 cm³/mol. The molecular weight excluding hydrogens is 460 g/mol. The molecule has 0 aliphatic heterocycles. The summed E-state index contributed by atoms with van der Waals surface area (Å²) in [7, 11) is 1.65. The summed E-state index contributed by atoms with van der Waals surface area (Å²) in [6, 6.07) is 23.4. The first-order valence-corrected chi connectivity index (χ1v) is 12.4. The molecule has 188 valence electrons. The molecule has 37 heavy (non-hydrogen) atoms. The average molecular weight is 493 g/mol. The number of esters is 1. The van der Waals surface area contributed by atoms with Gasteiger partial charge < -0.3 is 14.2 Å². The number of benzene rings is 3. The summed E-state index contributed by atoms with van der Waals surface area (Å²) >= 11 is 0. The topological polar surface area (TPSA) is 44.8 Å². The van der Waals surface area contributed by atoms with E-state index in [9.17, 15) is 4.79 Å². The van der Waals surface area contributed by atoms with E-state index in [1.54, 1.807) is 14.0 Å². The lowest BCUT2D eigenvalue weighted by atomic mass is 10.1. The van der Waals surface area contributed by atoms with Crippen molar-refractivity contribution in [1.29, 1.82) is 0 Å². The second kappa shape index (κ2) is 14.9. The molecule has 0 N–H and O–H groups in total. The van der Waals surface area contributed by atoms with Gasteiger partial charge in [-0.2, -0.15) is 0 Å². The van der Waals surface area contributed by atoms with Crippen LogP contribution in [0.25, 0.3) is 0 Å². The maximum atomic E-state index is 11.3. The Morgan fingerprint density at radius 1 is 0.649 bits per heavy atom. The van der Waals surface area contributed by atoms with E-state index in [0.29, 0.717) is 18.8 Å². The Morgan fingerprint density at radius 2 is 1.05 bits per heavy atom. The minimum atomic E-state index is -0.319. The van der Waals surface area contributed by atoms with Crippen LogP contribution in [0.3, 0.4) is 0 Å². The third-order valence-corrected chi connectivity index (χ3v) is 5.42. The fourth-order valence-electron chi connectivity index (χ4n) is 3.27. The van der Waals surface area contributed by atoms with Crippen LogP contribution in [0.15, 0.2) is 84.9 Å². The third-order valence-electron chi connectivity index (χ3n) is 5.42. The van der Waals surface area contributed by atoms with Gasteiger partial charge in [0.1, 0.15) is 11.5 Å². The first-order chi connectivity index (χ1) is 18.0. The zero-order valence-electron chi connectivity index (χ0n) is 21.5. The van der Waals surface area contributed by atoms with Gasteiger partial charge in [-0.25, -0.2) is 4.79 Å². The van der Waals surface area contributed by atoms with Gasteiger partial charge in [0, 0.05) is 27.8 Å². The van der Waals surface area contributed by atoms with Gasteiger partial charge in [0.2, 0.25) is 0 Å². The molecule has 3 aromatic carbocycles. The number of hydrogen-bond acceptors (Lipinski definition) is 4. The molecule has 0 saturated carbocycles. The normalized spacial score (nSPS) is 9.78. The van der Waals surface area contributed by atoms with Crippen molar-refractivity contribution < 1.29 is 19.0 Å². The average Bonchev–Trinajstić information content (AvgIpc) is 2.93. The molecule has 0 aromatic heterocycles. The van der Waals surface area contributed by atoms with Crippen molar-refractivity contribution in [3.8, 4) is 35.2 Å². The quantitative estimate of drug-likeness (QED) is 0.139. The van der Waals surface area contributed by atoms with Crippen LogP contribution >= 0.6 is 0 Å². The Balaban J connectivity index is 1.38. The number of ether oxygens (including phenoxy) is 3. The van der Waals surface area contributed by atoms with Crippen molar-refractivity contribution in [2.75, 3.05) is 20.3 Å². The summed E-state index contributed by atoms with van der Waals surface area (Å²) in [4.78, 5) is 11.3. The van der Waals surface area contributed by atoms with Gasteiger partial charge in [0.05, 0.1) is 20.3 Å². The molecule has 0 aliphatic rings. The smallest absolute Gasteiger partial charge is 0.333 e. The molecule has 4 heteroatoms. The lowest BCUT2D eigenvalue weighted by molar-refractivity contribution is -0.139. The van der Waals surface area contributed by atoms with Crippen LogP contribution in [0, 0.1) is 23.7 Å². The molecule has 0 spiro atoms. The highest BCUT2D eigenvalue weighted by Gasteiger charge is 2.02. The Hall–Kier alpha value is -4.41. The predicted octanol–water partition coefficient (Wildman–Crippen LogP) is 6.55. The maximum absolute atomic E-state index is 11.3. The molecule has 0 aliphatic carbocycles. The molecule has 0 saturated heterocycles.